The molecule has 5 heteroatoms. The van der Waals surface area contributed by atoms with Crippen LogP contribution in [0.1, 0.15) is 40.9 Å². The summed E-state index contributed by atoms with van der Waals surface area (Å²) in [6, 6.07) is 2.12. The van der Waals surface area contributed by atoms with Crippen LogP contribution in [0.25, 0.3) is 0 Å². The highest BCUT2D eigenvalue weighted by Crippen LogP contribution is 2.28. The van der Waals surface area contributed by atoms with E-state index in [0.29, 0.717) is 23.3 Å². The first-order valence-electron chi connectivity index (χ1n) is 6.76. The van der Waals surface area contributed by atoms with Gasteiger partial charge >= 0.3 is 0 Å². The number of hydrogen-bond donors (Lipinski definition) is 2. The number of aliphatic hydroxyl groups excluding tert-OH is 1. The van der Waals surface area contributed by atoms with Gasteiger partial charge in [-0.25, -0.2) is 0 Å². The molecule has 1 aromatic heterocycles. The molecule has 0 bridgehead atoms. The standard InChI is InChI=1S/C15H19NO2S2/c1-19-14-7-4-6-13(14)16-15(18)11-9-12(20-10-11)5-2-3-8-17/h9-10,13-14,17H,3-4,6-8H2,1H3,(H,16,18). The van der Waals surface area contributed by atoms with Crippen molar-refractivity contribution in [2.75, 3.05) is 12.9 Å². The molecule has 1 aliphatic carbocycles. The highest BCUT2D eigenvalue weighted by molar-refractivity contribution is 7.99. The van der Waals surface area contributed by atoms with E-state index in [1.54, 1.807) is 0 Å². The van der Waals surface area contributed by atoms with Gasteiger partial charge in [0.05, 0.1) is 17.0 Å². The molecule has 0 saturated heterocycles. The van der Waals surface area contributed by atoms with Gasteiger partial charge in [0, 0.05) is 23.1 Å². The van der Waals surface area contributed by atoms with Crippen LogP contribution in [0.3, 0.4) is 0 Å². The Hall–Kier alpha value is -0.960. The second-order valence-electron chi connectivity index (χ2n) is 4.76. The normalized spacial score (nSPS) is 21.3. The van der Waals surface area contributed by atoms with Gasteiger partial charge in [-0.05, 0) is 25.2 Å². The number of thiophene rings is 1. The highest BCUT2D eigenvalue weighted by Gasteiger charge is 2.28. The molecule has 20 heavy (non-hydrogen) atoms. The number of carbonyl (C=O) groups excluding carboxylic acids is 1. The zero-order valence-electron chi connectivity index (χ0n) is 11.5. The third-order valence-corrected chi connectivity index (χ3v) is 5.40. The molecule has 1 amide bonds. The summed E-state index contributed by atoms with van der Waals surface area (Å²) in [6.07, 6.45) is 6.03. The minimum atomic E-state index is 0.00223. The third kappa shape index (κ3) is 4.02. The second-order valence-corrected chi connectivity index (χ2v) is 6.75. The molecule has 2 unspecified atom stereocenters. The Morgan fingerprint density at radius 2 is 2.45 bits per heavy atom. The maximum atomic E-state index is 12.2. The van der Waals surface area contributed by atoms with Gasteiger partial charge in [0.1, 0.15) is 0 Å². The van der Waals surface area contributed by atoms with E-state index in [4.69, 9.17) is 5.11 Å². The lowest BCUT2D eigenvalue weighted by Crippen LogP contribution is -2.38. The van der Waals surface area contributed by atoms with E-state index in [1.807, 2.05) is 23.2 Å². The summed E-state index contributed by atoms with van der Waals surface area (Å²) in [5.74, 6) is 5.83. The van der Waals surface area contributed by atoms with Crippen molar-refractivity contribution in [2.24, 2.45) is 0 Å². The number of thioether (sulfide) groups is 1. The number of aliphatic hydroxyl groups is 1. The van der Waals surface area contributed by atoms with Gasteiger partial charge < -0.3 is 10.4 Å². The van der Waals surface area contributed by atoms with Crippen LogP contribution in [-0.2, 0) is 0 Å². The Balaban J connectivity index is 1.94. The first-order valence-corrected chi connectivity index (χ1v) is 8.93. The van der Waals surface area contributed by atoms with Crippen LogP contribution >= 0.6 is 23.1 Å². The van der Waals surface area contributed by atoms with E-state index >= 15 is 0 Å². The molecule has 108 valence electrons. The van der Waals surface area contributed by atoms with E-state index in [0.717, 1.165) is 11.3 Å². The molecule has 0 aromatic carbocycles. The zero-order chi connectivity index (χ0) is 14.4. The molecule has 0 spiro atoms. The number of nitrogens with one attached hydrogen (secondary N) is 1. The SMILES string of the molecule is CSC1CCCC1NC(=O)c1csc(C#CCCO)c1. The molecule has 0 radical (unpaired) electrons. The fourth-order valence-corrected chi connectivity index (χ4v) is 4.04. The van der Waals surface area contributed by atoms with Crippen LogP contribution in [0.2, 0.25) is 0 Å². The summed E-state index contributed by atoms with van der Waals surface area (Å²) in [7, 11) is 0. The van der Waals surface area contributed by atoms with Gasteiger partial charge in [-0.2, -0.15) is 11.8 Å². The van der Waals surface area contributed by atoms with Gasteiger partial charge in [-0.3, -0.25) is 4.79 Å². The van der Waals surface area contributed by atoms with Gasteiger partial charge in [0.15, 0.2) is 0 Å². The molecule has 1 aliphatic rings. The van der Waals surface area contributed by atoms with E-state index in [9.17, 15) is 4.79 Å². The molecule has 0 aliphatic heterocycles. The first kappa shape index (κ1) is 15.4. The quantitative estimate of drug-likeness (QED) is 0.840. The lowest BCUT2D eigenvalue weighted by molar-refractivity contribution is 0.0939. The number of amides is 1. The van der Waals surface area contributed by atoms with Crippen LogP contribution < -0.4 is 5.32 Å². The Bertz CT molecular complexity index is 515. The second kappa shape index (κ2) is 7.72. The largest absolute Gasteiger partial charge is 0.395 e. The average molecular weight is 309 g/mol. The van der Waals surface area contributed by atoms with Crippen LogP contribution in [0, 0.1) is 11.8 Å². The molecule has 3 nitrogen and oxygen atoms in total. The molecule has 1 aromatic rings. The van der Waals surface area contributed by atoms with Crippen molar-refractivity contribution >= 4 is 29.0 Å². The van der Waals surface area contributed by atoms with Crippen molar-refractivity contribution < 1.29 is 9.90 Å². The molecule has 2 atom stereocenters. The molecule has 2 rings (SSSR count). The maximum Gasteiger partial charge on any atom is 0.252 e. The van der Waals surface area contributed by atoms with Crippen molar-refractivity contribution in [3.63, 3.8) is 0 Å². The molecule has 1 saturated carbocycles. The van der Waals surface area contributed by atoms with Crippen molar-refractivity contribution in [1.29, 1.82) is 0 Å². The molecular weight excluding hydrogens is 290 g/mol. The first-order chi connectivity index (χ1) is 9.74. The van der Waals surface area contributed by atoms with E-state index in [-0.39, 0.29) is 12.5 Å². The molecule has 1 heterocycles. The third-order valence-electron chi connectivity index (χ3n) is 3.38. The fourth-order valence-electron chi connectivity index (χ4n) is 2.35. The Kier molecular flexibility index (Phi) is 5.96. The Morgan fingerprint density at radius 1 is 1.60 bits per heavy atom. The van der Waals surface area contributed by atoms with Crippen LogP contribution in [-0.4, -0.2) is 35.2 Å². The molecular formula is C15H19NO2S2. The molecule has 2 N–H and O–H groups in total. The predicted molar refractivity (Wildman–Crippen MR) is 85.3 cm³/mol. The topological polar surface area (TPSA) is 49.3 Å². The summed E-state index contributed by atoms with van der Waals surface area (Å²) >= 11 is 3.31. The lowest BCUT2D eigenvalue weighted by Gasteiger charge is -2.18. The van der Waals surface area contributed by atoms with Crippen molar-refractivity contribution in [3.8, 4) is 11.8 Å². The summed E-state index contributed by atoms with van der Waals surface area (Å²) < 4.78 is 0. The minimum absolute atomic E-state index is 0.00223. The number of rotatable bonds is 4. The van der Waals surface area contributed by atoms with Crippen molar-refractivity contribution in [3.05, 3.63) is 21.9 Å². The van der Waals surface area contributed by atoms with Gasteiger partial charge in [-0.1, -0.05) is 18.3 Å². The van der Waals surface area contributed by atoms with Gasteiger partial charge in [0.25, 0.3) is 5.91 Å². The van der Waals surface area contributed by atoms with Crippen LogP contribution in [0.15, 0.2) is 11.4 Å². The summed E-state index contributed by atoms with van der Waals surface area (Å²) in [6.45, 7) is 0.0729. The minimum Gasteiger partial charge on any atom is -0.395 e. The highest BCUT2D eigenvalue weighted by atomic mass is 32.2. The van der Waals surface area contributed by atoms with Crippen LogP contribution in [0.4, 0.5) is 0 Å². The van der Waals surface area contributed by atoms with E-state index in [2.05, 4.69) is 23.4 Å². The zero-order valence-corrected chi connectivity index (χ0v) is 13.1. The van der Waals surface area contributed by atoms with Crippen molar-refractivity contribution in [1.82, 2.24) is 5.32 Å². The van der Waals surface area contributed by atoms with E-state index in [1.165, 1.54) is 24.2 Å². The smallest absolute Gasteiger partial charge is 0.252 e. The molecule has 1 fully saturated rings. The Morgan fingerprint density at radius 3 is 3.20 bits per heavy atom. The monoisotopic (exact) mass is 309 g/mol. The average Bonchev–Trinajstić information content (AvgIpc) is 3.08. The summed E-state index contributed by atoms with van der Waals surface area (Å²) in [5, 5.41) is 14.2. The van der Waals surface area contributed by atoms with E-state index < -0.39 is 0 Å². The van der Waals surface area contributed by atoms with Crippen molar-refractivity contribution in [2.45, 2.75) is 37.0 Å². The number of hydrogen-bond acceptors (Lipinski definition) is 4. The number of carbonyl (C=O) groups is 1. The van der Waals surface area contributed by atoms with Gasteiger partial charge in [-0.15, -0.1) is 11.3 Å². The predicted octanol–water partition coefficient (Wildman–Crippen LogP) is 2.50. The lowest BCUT2D eigenvalue weighted by atomic mass is 10.2. The van der Waals surface area contributed by atoms with Gasteiger partial charge in [0.2, 0.25) is 0 Å². The summed E-state index contributed by atoms with van der Waals surface area (Å²) in [5.41, 5.74) is 0.690. The Labute approximate surface area is 128 Å². The summed E-state index contributed by atoms with van der Waals surface area (Å²) in [4.78, 5) is 13.1. The fraction of sp³-hybridized carbons (Fsp3) is 0.533. The maximum absolute atomic E-state index is 12.2. The van der Waals surface area contributed by atoms with Crippen LogP contribution in [0.5, 0.6) is 0 Å².